The summed E-state index contributed by atoms with van der Waals surface area (Å²) in [6.45, 7) is 1.33. The van der Waals surface area contributed by atoms with Gasteiger partial charge in [0.1, 0.15) is 5.82 Å². The third-order valence-electron chi connectivity index (χ3n) is 4.56. The number of nitrogens with zero attached hydrogens (tertiary/aromatic N) is 1. The number of carbonyl (C=O) groups excluding carboxylic acids is 2. The Hall–Kier alpha value is -3.00. The lowest BCUT2D eigenvalue weighted by Crippen LogP contribution is -2.34. The second-order valence-electron chi connectivity index (χ2n) is 6.84. The van der Waals surface area contributed by atoms with Crippen LogP contribution in [0.25, 0.3) is 6.08 Å². The lowest BCUT2D eigenvalue weighted by molar-refractivity contribution is -0.136. The number of ether oxygens (including phenoxy) is 1. The number of anilines is 1. The van der Waals surface area contributed by atoms with E-state index in [-0.39, 0.29) is 11.6 Å². The fraction of sp³-hybridized carbons (Fsp3) is 0.238. The van der Waals surface area contributed by atoms with Crippen LogP contribution in [0.5, 0.6) is 0 Å². The Kier molecular flexibility index (Phi) is 5.83. The third-order valence-corrected chi connectivity index (χ3v) is 5.83. The van der Waals surface area contributed by atoms with Crippen LogP contribution in [0.15, 0.2) is 48.5 Å². The zero-order chi connectivity index (χ0) is 21.2. The number of rotatable bonds is 6. The number of Topliss-reactive ketones (excluding diaryl/α,β-unsaturated/α-hetero) is 1. The Bertz CT molecular complexity index is 1090. The number of hydrogen-bond acceptors (Lipinski definition) is 5. The van der Waals surface area contributed by atoms with E-state index in [9.17, 15) is 22.4 Å². The molecule has 2 aromatic carbocycles. The van der Waals surface area contributed by atoms with Crippen LogP contribution >= 0.6 is 0 Å². The molecule has 2 aromatic rings. The summed E-state index contributed by atoms with van der Waals surface area (Å²) < 4.78 is 43.7. The highest BCUT2D eigenvalue weighted by Gasteiger charge is 2.32. The van der Waals surface area contributed by atoms with Crippen molar-refractivity contribution < 1.29 is 27.1 Å². The lowest BCUT2D eigenvalue weighted by atomic mass is 10.0. The summed E-state index contributed by atoms with van der Waals surface area (Å²) in [5, 5.41) is 0. The van der Waals surface area contributed by atoms with Gasteiger partial charge in [-0.1, -0.05) is 18.2 Å². The molecule has 152 valence electrons. The molecule has 0 saturated carbocycles. The first-order valence-electron chi connectivity index (χ1n) is 8.91. The molecule has 6 nitrogen and oxygen atoms in total. The Balaban J connectivity index is 1.64. The molecule has 1 aliphatic rings. The van der Waals surface area contributed by atoms with E-state index in [1.54, 1.807) is 25.1 Å². The maximum Gasteiger partial charge on any atom is 0.331 e. The summed E-state index contributed by atoms with van der Waals surface area (Å²) in [4.78, 5) is 24.1. The SMILES string of the molecule is C[C@H]1Cc2cc(C(=O)COC(=O)/C=C/c3ccccc3F)ccc2N1S(C)(=O)=O. The molecule has 0 fully saturated rings. The lowest BCUT2D eigenvalue weighted by Gasteiger charge is -2.21. The van der Waals surface area contributed by atoms with Gasteiger partial charge in [-0.2, -0.15) is 0 Å². The molecule has 0 bridgehead atoms. The minimum absolute atomic E-state index is 0.230. The Morgan fingerprint density at radius 1 is 1.24 bits per heavy atom. The summed E-state index contributed by atoms with van der Waals surface area (Å²) in [7, 11) is -3.41. The van der Waals surface area contributed by atoms with Crippen molar-refractivity contribution in [3.8, 4) is 0 Å². The standard InChI is InChI=1S/C21H20FNO5S/c1-14-11-17-12-16(7-9-19(17)23(14)29(2,26)27)20(24)13-28-21(25)10-8-15-5-3-4-6-18(15)22/h3-10,12,14H,11,13H2,1-2H3/b10-8+/t14-/m0/s1. The van der Waals surface area contributed by atoms with Crippen molar-refractivity contribution in [2.24, 2.45) is 0 Å². The highest BCUT2D eigenvalue weighted by Crippen LogP contribution is 2.34. The Labute approximate surface area is 168 Å². The quantitative estimate of drug-likeness (QED) is 0.410. The first-order valence-corrected chi connectivity index (χ1v) is 10.8. The van der Waals surface area contributed by atoms with Crippen LogP contribution in [-0.4, -0.2) is 39.1 Å². The van der Waals surface area contributed by atoms with E-state index >= 15 is 0 Å². The number of halogens is 1. The van der Waals surface area contributed by atoms with Crippen molar-refractivity contribution in [2.75, 3.05) is 17.2 Å². The highest BCUT2D eigenvalue weighted by atomic mass is 32.2. The predicted molar refractivity (Wildman–Crippen MR) is 108 cm³/mol. The average Bonchev–Trinajstić information content (AvgIpc) is 3.00. The van der Waals surface area contributed by atoms with E-state index in [0.29, 0.717) is 17.7 Å². The van der Waals surface area contributed by atoms with Crippen LogP contribution in [-0.2, 0) is 26.0 Å². The fourth-order valence-electron chi connectivity index (χ4n) is 3.32. The summed E-state index contributed by atoms with van der Waals surface area (Å²) in [6, 6.07) is 10.5. The minimum Gasteiger partial charge on any atom is -0.454 e. The van der Waals surface area contributed by atoms with E-state index < -0.39 is 34.2 Å². The van der Waals surface area contributed by atoms with Gasteiger partial charge < -0.3 is 4.74 Å². The first kappa shape index (κ1) is 20.7. The molecule has 0 aliphatic carbocycles. The van der Waals surface area contributed by atoms with Gasteiger partial charge in [-0.25, -0.2) is 17.6 Å². The number of sulfonamides is 1. The highest BCUT2D eigenvalue weighted by molar-refractivity contribution is 7.92. The van der Waals surface area contributed by atoms with Crippen LogP contribution in [0.2, 0.25) is 0 Å². The molecule has 0 unspecified atom stereocenters. The number of fused-ring (bicyclic) bond motifs is 1. The zero-order valence-electron chi connectivity index (χ0n) is 16.0. The molecule has 0 amide bonds. The fourth-order valence-corrected chi connectivity index (χ4v) is 4.58. The normalized spacial score (nSPS) is 16.1. The van der Waals surface area contributed by atoms with Crippen molar-refractivity contribution in [3.05, 3.63) is 71.0 Å². The van der Waals surface area contributed by atoms with Crippen LogP contribution in [0.1, 0.15) is 28.4 Å². The second-order valence-corrected chi connectivity index (χ2v) is 8.70. The van der Waals surface area contributed by atoms with Crippen LogP contribution in [0.4, 0.5) is 10.1 Å². The van der Waals surface area contributed by atoms with Crippen LogP contribution in [0, 0.1) is 5.82 Å². The monoisotopic (exact) mass is 417 g/mol. The van der Waals surface area contributed by atoms with Crippen molar-refractivity contribution >= 4 is 33.5 Å². The van der Waals surface area contributed by atoms with Gasteiger partial charge in [0.05, 0.1) is 11.9 Å². The van der Waals surface area contributed by atoms with Gasteiger partial charge in [0, 0.05) is 23.2 Å². The van der Waals surface area contributed by atoms with E-state index in [0.717, 1.165) is 17.9 Å². The van der Waals surface area contributed by atoms with Crippen molar-refractivity contribution in [1.29, 1.82) is 0 Å². The Morgan fingerprint density at radius 2 is 1.97 bits per heavy atom. The van der Waals surface area contributed by atoms with Gasteiger partial charge in [0.25, 0.3) is 0 Å². The van der Waals surface area contributed by atoms with E-state index in [1.807, 2.05) is 0 Å². The third kappa shape index (κ3) is 4.71. The summed E-state index contributed by atoms with van der Waals surface area (Å²) in [6.07, 6.45) is 3.97. The van der Waals surface area contributed by atoms with Gasteiger partial charge in [-0.05, 0) is 49.2 Å². The largest absolute Gasteiger partial charge is 0.454 e. The van der Waals surface area contributed by atoms with E-state index in [2.05, 4.69) is 0 Å². The smallest absolute Gasteiger partial charge is 0.331 e. The number of carbonyl (C=O) groups is 2. The zero-order valence-corrected chi connectivity index (χ0v) is 16.8. The van der Waals surface area contributed by atoms with Crippen molar-refractivity contribution in [2.45, 2.75) is 19.4 Å². The van der Waals surface area contributed by atoms with Gasteiger partial charge in [-0.3, -0.25) is 9.10 Å². The van der Waals surface area contributed by atoms with Crippen molar-refractivity contribution in [1.82, 2.24) is 0 Å². The molecule has 1 aliphatic heterocycles. The molecule has 29 heavy (non-hydrogen) atoms. The van der Waals surface area contributed by atoms with E-state index in [1.165, 1.54) is 34.6 Å². The van der Waals surface area contributed by atoms with Gasteiger partial charge >= 0.3 is 5.97 Å². The predicted octanol–water partition coefficient (Wildman–Crippen LogP) is 2.98. The summed E-state index contributed by atoms with van der Waals surface area (Å²) in [5.74, 6) is -1.64. The average molecular weight is 417 g/mol. The molecule has 0 N–H and O–H groups in total. The molecular formula is C21H20FNO5S. The van der Waals surface area contributed by atoms with Gasteiger partial charge in [0.2, 0.25) is 10.0 Å². The maximum atomic E-state index is 13.5. The molecule has 8 heteroatoms. The molecule has 1 atom stereocenters. The molecule has 3 rings (SSSR count). The van der Waals surface area contributed by atoms with Gasteiger partial charge in [0.15, 0.2) is 12.4 Å². The molecule has 0 radical (unpaired) electrons. The molecule has 0 spiro atoms. The van der Waals surface area contributed by atoms with Gasteiger partial charge in [-0.15, -0.1) is 0 Å². The number of hydrogen-bond donors (Lipinski definition) is 0. The van der Waals surface area contributed by atoms with Crippen LogP contribution < -0.4 is 4.31 Å². The molecule has 0 aromatic heterocycles. The minimum atomic E-state index is -3.41. The molecular weight excluding hydrogens is 397 g/mol. The first-order chi connectivity index (χ1) is 13.7. The van der Waals surface area contributed by atoms with Crippen LogP contribution in [0.3, 0.4) is 0 Å². The van der Waals surface area contributed by atoms with E-state index in [4.69, 9.17) is 4.74 Å². The topological polar surface area (TPSA) is 80.8 Å². The summed E-state index contributed by atoms with van der Waals surface area (Å²) in [5.41, 5.74) is 1.87. The number of benzene rings is 2. The second kappa shape index (κ2) is 8.16. The Morgan fingerprint density at radius 3 is 2.66 bits per heavy atom. The molecule has 0 saturated heterocycles. The number of ketones is 1. The molecule has 1 heterocycles. The number of esters is 1. The van der Waals surface area contributed by atoms with Crippen molar-refractivity contribution in [3.63, 3.8) is 0 Å². The maximum absolute atomic E-state index is 13.5. The summed E-state index contributed by atoms with van der Waals surface area (Å²) >= 11 is 0.